The molecule has 1 heterocycles. The van der Waals surface area contributed by atoms with Crippen molar-refractivity contribution in [3.8, 4) is 0 Å². The predicted octanol–water partition coefficient (Wildman–Crippen LogP) is 3.64. The molecule has 3 heteroatoms. The summed E-state index contributed by atoms with van der Waals surface area (Å²) >= 11 is 5.86. The third-order valence-corrected chi connectivity index (χ3v) is 3.26. The molecule has 1 nitrogen and oxygen atoms in total. The van der Waals surface area contributed by atoms with Crippen LogP contribution in [0.25, 0.3) is 0 Å². The van der Waals surface area contributed by atoms with Gasteiger partial charge in [0.1, 0.15) is 5.82 Å². The zero-order chi connectivity index (χ0) is 10.8. The van der Waals surface area contributed by atoms with Gasteiger partial charge in [0.25, 0.3) is 0 Å². The molecule has 1 aromatic carbocycles. The van der Waals surface area contributed by atoms with Gasteiger partial charge in [0.15, 0.2) is 0 Å². The molecule has 0 amide bonds. The Hall–Kier alpha value is -0.600. The van der Waals surface area contributed by atoms with Crippen molar-refractivity contribution in [3.63, 3.8) is 0 Å². The highest BCUT2D eigenvalue weighted by Gasteiger charge is 2.24. The van der Waals surface area contributed by atoms with Gasteiger partial charge in [-0.15, -0.1) is 0 Å². The maximum atomic E-state index is 13.2. The molecule has 1 unspecified atom stereocenters. The molecule has 15 heavy (non-hydrogen) atoms. The van der Waals surface area contributed by atoms with Crippen LogP contribution in [0, 0.1) is 5.82 Å². The van der Waals surface area contributed by atoms with Crippen LogP contribution >= 0.6 is 11.6 Å². The molecule has 0 bridgehead atoms. The van der Waals surface area contributed by atoms with Gasteiger partial charge in [-0.25, -0.2) is 4.39 Å². The summed E-state index contributed by atoms with van der Waals surface area (Å²) in [7, 11) is 0. The summed E-state index contributed by atoms with van der Waals surface area (Å²) in [5, 5.41) is 0.493. The van der Waals surface area contributed by atoms with Crippen molar-refractivity contribution in [2.45, 2.75) is 25.8 Å². The fourth-order valence-corrected chi connectivity index (χ4v) is 2.58. The summed E-state index contributed by atoms with van der Waals surface area (Å²) in [6, 6.07) is 5.19. The normalized spacial score (nSPS) is 22.2. The molecule has 2 rings (SSSR count). The van der Waals surface area contributed by atoms with Crippen molar-refractivity contribution in [2.24, 2.45) is 0 Å². The first kappa shape index (κ1) is 10.9. The Kier molecular flexibility index (Phi) is 3.27. The standard InChI is InChI=1S/C12H15ClFN/c1-2-15-5-3-4-12(15)9-6-10(13)8-11(14)7-9/h6-8,12H,2-5H2,1H3. The molecule has 0 aromatic heterocycles. The second-order valence-electron chi connectivity index (χ2n) is 3.99. The second kappa shape index (κ2) is 4.50. The molecular formula is C12H15ClFN. The van der Waals surface area contributed by atoms with E-state index in [1.165, 1.54) is 12.5 Å². The molecule has 0 saturated carbocycles. The van der Waals surface area contributed by atoms with Crippen molar-refractivity contribution in [1.29, 1.82) is 0 Å². The van der Waals surface area contributed by atoms with Gasteiger partial charge in [-0.1, -0.05) is 18.5 Å². The molecule has 0 spiro atoms. The van der Waals surface area contributed by atoms with Crippen molar-refractivity contribution >= 4 is 11.6 Å². The summed E-state index contributed by atoms with van der Waals surface area (Å²) in [6.07, 6.45) is 2.29. The highest BCUT2D eigenvalue weighted by atomic mass is 35.5. The summed E-state index contributed by atoms with van der Waals surface area (Å²) < 4.78 is 13.2. The van der Waals surface area contributed by atoms with Gasteiger partial charge >= 0.3 is 0 Å². The lowest BCUT2D eigenvalue weighted by Crippen LogP contribution is -2.22. The SMILES string of the molecule is CCN1CCCC1c1cc(F)cc(Cl)c1. The van der Waals surface area contributed by atoms with Gasteiger partial charge in [0, 0.05) is 11.1 Å². The van der Waals surface area contributed by atoms with Crippen LogP contribution in [0.1, 0.15) is 31.4 Å². The van der Waals surface area contributed by atoms with E-state index < -0.39 is 0 Å². The number of benzene rings is 1. The van der Waals surface area contributed by atoms with Gasteiger partial charge < -0.3 is 0 Å². The van der Waals surface area contributed by atoms with Crippen LogP contribution in [-0.2, 0) is 0 Å². The lowest BCUT2D eigenvalue weighted by atomic mass is 10.0. The van der Waals surface area contributed by atoms with Crippen LogP contribution in [0.2, 0.25) is 5.02 Å². The minimum Gasteiger partial charge on any atom is -0.297 e. The number of nitrogens with zero attached hydrogens (tertiary/aromatic N) is 1. The monoisotopic (exact) mass is 227 g/mol. The van der Waals surface area contributed by atoms with Gasteiger partial charge in [0.05, 0.1) is 0 Å². The van der Waals surface area contributed by atoms with E-state index in [2.05, 4.69) is 11.8 Å². The minimum atomic E-state index is -0.236. The average Bonchev–Trinajstić information content (AvgIpc) is 2.63. The van der Waals surface area contributed by atoms with E-state index >= 15 is 0 Å². The molecule has 0 radical (unpaired) electrons. The Morgan fingerprint density at radius 1 is 1.47 bits per heavy atom. The molecule has 0 N–H and O–H groups in total. The van der Waals surface area contributed by atoms with Crippen molar-refractivity contribution in [3.05, 3.63) is 34.6 Å². The van der Waals surface area contributed by atoms with E-state index in [9.17, 15) is 4.39 Å². The van der Waals surface area contributed by atoms with Gasteiger partial charge in [-0.3, -0.25) is 4.90 Å². The third-order valence-electron chi connectivity index (χ3n) is 3.04. The molecule has 82 valence electrons. The van der Waals surface area contributed by atoms with E-state index in [4.69, 9.17) is 11.6 Å². The smallest absolute Gasteiger partial charge is 0.125 e. The number of rotatable bonds is 2. The number of hydrogen-bond acceptors (Lipinski definition) is 1. The number of halogens is 2. The molecular weight excluding hydrogens is 213 g/mol. The van der Waals surface area contributed by atoms with E-state index in [1.54, 1.807) is 6.07 Å². The van der Waals surface area contributed by atoms with Crippen molar-refractivity contribution < 1.29 is 4.39 Å². The molecule has 1 saturated heterocycles. The first-order valence-electron chi connectivity index (χ1n) is 5.40. The van der Waals surface area contributed by atoms with Gasteiger partial charge in [-0.05, 0) is 49.7 Å². The van der Waals surface area contributed by atoms with Crippen LogP contribution in [0.4, 0.5) is 4.39 Å². The molecule has 0 aliphatic carbocycles. The number of hydrogen-bond donors (Lipinski definition) is 0. The van der Waals surface area contributed by atoms with Gasteiger partial charge in [0.2, 0.25) is 0 Å². The molecule has 1 atom stereocenters. The zero-order valence-electron chi connectivity index (χ0n) is 8.84. The Morgan fingerprint density at radius 2 is 2.27 bits per heavy atom. The summed E-state index contributed by atoms with van der Waals surface area (Å²) in [4.78, 5) is 2.37. The maximum absolute atomic E-state index is 13.2. The Bertz CT molecular complexity index is 333. The van der Waals surface area contributed by atoms with Crippen molar-refractivity contribution in [2.75, 3.05) is 13.1 Å². The fraction of sp³-hybridized carbons (Fsp3) is 0.500. The van der Waals surface area contributed by atoms with E-state index in [1.807, 2.05) is 6.07 Å². The Morgan fingerprint density at radius 3 is 2.93 bits per heavy atom. The minimum absolute atomic E-state index is 0.236. The first-order valence-corrected chi connectivity index (χ1v) is 5.78. The van der Waals surface area contributed by atoms with E-state index in [0.717, 1.165) is 25.1 Å². The van der Waals surface area contributed by atoms with Gasteiger partial charge in [-0.2, -0.15) is 0 Å². The van der Waals surface area contributed by atoms with E-state index in [-0.39, 0.29) is 5.82 Å². The Labute approximate surface area is 94.8 Å². The molecule has 1 aliphatic rings. The first-order chi connectivity index (χ1) is 7.20. The average molecular weight is 228 g/mol. The summed E-state index contributed by atoms with van der Waals surface area (Å²) in [6.45, 7) is 4.26. The lowest BCUT2D eigenvalue weighted by Gasteiger charge is -2.23. The molecule has 1 fully saturated rings. The van der Waals surface area contributed by atoms with Crippen LogP contribution in [0.5, 0.6) is 0 Å². The molecule has 1 aliphatic heterocycles. The van der Waals surface area contributed by atoms with Crippen molar-refractivity contribution in [1.82, 2.24) is 4.90 Å². The zero-order valence-corrected chi connectivity index (χ0v) is 9.60. The topological polar surface area (TPSA) is 3.24 Å². The van der Waals surface area contributed by atoms with Crippen LogP contribution in [-0.4, -0.2) is 18.0 Å². The van der Waals surface area contributed by atoms with E-state index in [0.29, 0.717) is 11.1 Å². The summed E-state index contributed by atoms with van der Waals surface area (Å²) in [5.74, 6) is -0.236. The molecule has 1 aromatic rings. The third kappa shape index (κ3) is 2.32. The highest BCUT2D eigenvalue weighted by molar-refractivity contribution is 6.30. The van der Waals surface area contributed by atoms with Crippen LogP contribution in [0.15, 0.2) is 18.2 Å². The van der Waals surface area contributed by atoms with Crippen LogP contribution in [0.3, 0.4) is 0 Å². The fourth-order valence-electron chi connectivity index (χ4n) is 2.35. The Balaban J connectivity index is 2.28. The quantitative estimate of drug-likeness (QED) is 0.746. The largest absolute Gasteiger partial charge is 0.297 e. The van der Waals surface area contributed by atoms with Crippen LogP contribution < -0.4 is 0 Å². The summed E-state index contributed by atoms with van der Waals surface area (Å²) in [5.41, 5.74) is 1.01. The highest BCUT2D eigenvalue weighted by Crippen LogP contribution is 2.33. The predicted molar refractivity (Wildman–Crippen MR) is 60.6 cm³/mol. The maximum Gasteiger partial charge on any atom is 0.125 e. The lowest BCUT2D eigenvalue weighted by molar-refractivity contribution is 0.271. The number of likely N-dealkylation sites (tertiary alicyclic amines) is 1. The second-order valence-corrected chi connectivity index (χ2v) is 4.43.